The van der Waals surface area contributed by atoms with E-state index in [1.807, 2.05) is 30.3 Å². The summed E-state index contributed by atoms with van der Waals surface area (Å²) in [6.45, 7) is 2.29. The average Bonchev–Trinajstić information content (AvgIpc) is 2.70. The summed E-state index contributed by atoms with van der Waals surface area (Å²) in [7, 11) is -3.84. The standard InChI is InChI=1S/C21H25N3O4S/c1-16(25)24-12-5-8-18-14-19(9-10-20(18)24)29(27,28)23(13-11-21(22)26)15-17-6-3-2-4-7-17/h2-4,6-7,9-10,14H,5,8,11-13,15H2,1H3,(H2,22,26). The highest BCUT2D eigenvalue weighted by atomic mass is 32.2. The van der Waals surface area contributed by atoms with Crippen molar-refractivity contribution in [2.75, 3.05) is 18.0 Å². The second-order valence-corrected chi connectivity index (χ2v) is 9.04. The Morgan fingerprint density at radius 3 is 2.52 bits per heavy atom. The van der Waals surface area contributed by atoms with Gasteiger partial charge in [-0.2, -0.15) is 4.31 Å². The van der Waals surface area contributed by atoms with Crippen LogP contribution < -0.4 is 10.6 Å². The van der Waals surface area contributed by atoms with Crippen LogP contribution in [-0.4, -0.2) is 37.6 Å². The van der Waals surface area contributed by atoms with E-state index in [0.29, 0.717) is 13.0 Å². The molecule has 0 aromatic heterocycles. The zero-order valence-electron chi connectivity index (χ0n) is 16.4. The first-order valence-electron chi connectivity index (χ1n) is 9.52. The third-order valence-electron chi connectivity index (χ3n) is 5.00. The number of hydrogen-bond donors (Lipinski definition) is 1. The van der Waals surface area contributed by atoms with Crippen molar-refractivity contribution >= 4 is 27.5 Å². The average molecular weight is 416 g/mol. The molecule has 0 aliphatic carbocycles. The molecule has 29 heavy (non-hydrogen) atoms. The Morgan fingerprint density at radius 1 is 1.14 bits per heavy atom. The maximum absolute atomic E-state index is 13.3. The molecular formula is C21H25N3O4S. The van der Waals surface area contributed by atoms with Gasteiger partial charge in [0.1, 0.15) is 0 Å². The Hall–Kier alpha value is -2.71. The van der Waals surface area contributed by atoms with Crippen molar-refractivity contribution < 1.29 is 18.0 Å². The van der Waals surface area contributed by atoms with Crippen molar-refractivity contribution in [3.63, 3.8) is 0 Å². The predicted molar refractivity (Wildman–Crippen MR) is 111 cm³/mol. The van der Waals surface area contributed by atoms with Crippen molar-refractivity contribution in [3.8, 4) is 0 Å². The van der Waals surface area contributed by atoms with Crippen LogP contribution in [0.4, 0.5) is 5.69 Å². The smallest absolute Gasteiger partial charge is 0.243 e. The van der Waals surface area contributed by atoms with Gasteiger partial charge in [-0.25, -0.2) is 8.42 Å². The molecular weight excluding hydrogens is 390 g/mol. The van der Waals surface area contributed by atoms with Crippen LogP contribution in [0.5, 0.6) is 0 Å². The first-order chi connectivity index (χ1) is 13.8. The third kappa shape index (κ3) is 4.83. The molecule has 0 bridgehead atoms. The fourth-order valence-electron chi connectivity index (χ4n) is 3.52. The summed E-state index contributed by atoms with van der Waals surface area (Å²) in [4.78, 5) is 25.0. The third-order valence-corrected chi connectivity index (χ3v) is 6.84. The molecule has 2 aromatic rings. The molecule has 0 saturated heterocycles. The van der Waals surface area contributed by atoms with Gasteiger partial charge in [-0.15, -0.1) is 0 Å². The SMILES string of the molecule is CC(=O)N1CCCc2cc(S(=O)(=O)N(CCC(N)=O)Cc3ccccc3)ccc21. The summed E-state index contributed by atoms with van der Waals surface area (Å²) in [5.74, 6) is -0.616. The molecule has 2 N–H and O–H groups in total. The minimum absolute atomic E-state index is 0.00319. The van der Waals surface area contributed by atoms with Crippen LogP contribution in [-0.2, 0) is 32.6 Å². The quantitative estimate of drug-likeness (QED) is 0.748. The summed E-state index contributed by atoms with van der Waals surface area (Å²) >= 11 is 0. The number of carbonyl (C=O) groups excluding carboxylic acids is 2. The first kappa shape index (κ1) is 21.0. The van der Waals surface area contributed by atoms with E-state index in [2.05, 4.69) is 0 Å². The van der Waals surface area contributed by atoms with Crippen molar-refractivity contribution in [2.45, 2.75) is 37.6 Å². The first-order valence-corrected chi connectivity index (χ1v) is 11.0. The summed E-state index contributed by atoms with van der Waals surface area (Å²) in [6.07, 6.45) is 1.43. The molecule has 2 aromatic carbocycles. The number of primary amides is 1. The number of rotatable bonds is 7. The number of hydrogen-bond acceptors (Lipinski definition) is 4. The topological polar surface area (TPSA) is 101 Å². The zero-order chi connectivity index (χ0) is 21.0. The number of nitrogens with two attached hydrogens (primary N) is 1. The maximum Gasteiger partial charge on any atom is 0.243 e. The van der Waals surface area contributed by atoms with Crippen LogP contribution in [0, 0.1) is 0 Å². The van der Waals surface area contributed by atoms with Crippen molar-refractivity contribution in [3.05, 3.63) is 59.7 Å². The Bertz CT molecular complexity index is 1010. The number of nitrogens with zero attached hydrogens (tertiary/aromatic N) is 2. The number of amides is 2. The molecule has 3 rings (SSSR count). The Morgan fingerprint density at radius 2 is 1.86 bits per heavy atom. The van der Waals surface area contributed by atoms with Crippen LogP contribution in [0.15, 0.2) is 53.4 Å². The number of anilines is 1. The summed E-state index contributed by atoms with van der Waals surface area (Å²) < 4.78 is 28.0. The van der Waals surface area contributed by atoms with Gasteiger partial charge < -0.3 is 10.6 Å². The molecule has 1 heterocycles. The van der Waals surface area contributed by atoms with E-state index < -0.39 is 15.9 Å². The fraction of sp³-hybridized carbons (Fsp3) is 0.333. The number of benzene rings is 2. The van der Waals surface area contributed by atoms with Gasteiger partial charge >= 0.3 is 0 Å². The van der Waals surface area contributed by atoms with Gasteiger partial charge in [-0.05, 0) is 42.2 Å². The van der Waals surface area contributed by atoms with Gasteiger partial charge in [0, 0.05) is 38.7 Å². The van der Waals surface area contributed by atoms with Gasteiger partial charge in [-0.1, -0.05) is 30.3 Å². The molecule has 0 atom stereocenters. The molecule has 2 amide bonds. The van der Waals surface area contributed by atoms with E-state index in [1.165, 1.54) is 17.3 Å². The highest BCUT2D eigenvalue weighted by molar-refractivity contribution is 7.89. The largest absolute Gasteiger partial charge is 0.370 e. The molecule has 1 aliphatic heterocycles. The lowest BCUT2D eigenvalue weighted by Gasteiger charge is -2.29. The van der Waals surface area contributed by atoms with Gasteiger partial charge in [0.25, 0.3) is 0 Å². The van der Waals surface area contributed by atoms with E-state index in [-0.39, 0.29) is 30.3 Å². The molecule has 1 aliphatic rings. The van der Waals surface area contributed by atoms with Crippen molar-refractivity contribution in [1.82, 2.24) is 4.31 Å². The molecule has 8 heteroatoms. The van der Waals surface area contributed by atoms with E-state index in [1.54, 1.807) is 17.0 Å². The summed E-state index contributed by atoms with van der Waals surface area (Å²) in [5.41, 5.74) is 7.67. The molecule has 0 radical (unpaired) electrons. The lowest BCUT2D eigenvalue weighted by atomic mass is 10.0. The number of aryl methyl sites for hydroxylation is 1. The number of carbonyl (C=O) groups is 2. The van der Waals surface area contributed by atoms with Gasteiger partial charge in [-0.3, -0.25) is 9.59 Å². The van der Waals surface area contributed by atoms with E-state index >= 15 is 0 Å². The van der Waals surface area contributed by atoms with E-state index in [4.69, 9.17) is 5.73 Å². The van der Waals surface area contributed by atoms with Gasteiger partial charge in [0.2, 0.25) is 21.8 Å². The molecule has 0 fully saturated rings. The monoisotopic (exact) mass is 415 g/mol. The highest BCUT2D eigenvalue weighted by Gasteiger charge is 2.28. The molecule has 154 valence electrons. The second-order valence-electron chi connectivity index (χ2n) is 7.11. The summed E-state index contributed by atoms with van der Waals surface area (Å²) in [5, 5.41) is 0. The van der Waals surface area contributed by atoms with E-state index in [0.717, 1.165) is 23.2 Å². The minimum atomic E-state index is -3.84. The number of fused-ring (bicyclic) bond motifs is 1. The maximum atomic E-state index is 13.3. The lowest BCUT2D eigenvalue weighted by molar-refractivity contribution is -0.118. The van der Waals surface area contributed by atoms with E-state index in [9.17, 15) is 18.0 Å². The van der Waals surface area contributed by atoms with Crippen LogP contribution in [0.3, 0.4) is 0 Å². The zero-order valence-corrected chi connectivity index (χ0v) is 17.2. The normalized spacial score (nSPS) is 13.9. The summed E-state index contributed by atoms with van der Waals surface area (Å²) in [6, 6.07) is 14.1. The van der Waals surface area contributed by atoms with Crippen molar-refractivity contribution in [1.29, 1.82) is 0 Å². The van der Waals surface area contributed by atoms with Crippen LogP contribution in [0.2, 0.25) is 0 Å². The Labute approximate surface area is 171 Å². The van der Waals surface area contributed by atoms with Crippen LogP contribution >= 0.6 is 0 Å². The molecule has 7 nitrogen and oxygen atoms in total. The highest BCUT2D eigenvalue weighted by Crippen LogP contribution is 2.31. The Kier molecular flexibility index (Phi) is 6.34. The van der Waals surface area contributed by atoms with Crippen LogP contribution in [0.25, 0.3) is 0 Å². The fourth-order valence-corrected chi connectivity index (χ4v) is 5.00. The number of sulfonamides is 1. The minimum Gasteiger partial charge on any atom is -0.370 e. The van der Waals surface area contributed by atoms with Gasteiger partial charge in [0.05, 0.1) is 4.90 Å². The van der Waals surface area contributed by atoms with Crippen LogP contribution in [0.1, 0.15) is 30.9 Å². The lowest BCUT2D eigenvalue weighted by Crippen LogP contribution is -2.35. The second kappa shape index (κ2) is 8.75. The molecule has 0 saturated carbocycles. The molecule has 0 spiro atoms. The predicted octanol–water partition coefficient (Wildman–Crippen LogP) is 2.05. The Balaban J connectivity index is 1.94. The van der Waals surface area contributed by atoms with Crippen molar-refractivity contribution in [2.24, 2.45) is 5.73 Å². The molecule has 0 unspecified atom stereocenters. The van der Waals surface area contributed by atoms with Gasteiger partial charge in [0.15, 0.2) is 0 Å².